The van der Waals surface area contributed by atoms with E-state index in [9.17, 15) is 8.42 Å². The van der Waals surface area contributed by atoms with E-state index in [0.717, 1.165) is 36.1 Å². The third-order valence-electron chi connectivity index (χ3n) is 5.30. The molecule has 0 saturated carbocycles. The van der Waals surface area contributed by atoms with Crippen molar-refractivity contribution in [1.29, 1.82) is 0 Å². The summed E-state index contributed by atoms with van der Waals surface area (Å²) in [4.78, 5) is 0. The van der Waals surface area contributed by atoms with Crippen molar-refractivity contribution in [3.05, 3.63) is 70.7 Å². The fourth-order valence-electron chi connectivity index (χ4n) is 3.74. The molecule has 2 aromatic carbocycles. The summed E-state index contributed by atoms with van der Waals surface area (Å²) >= 11 is 12.4. The van der Waals surface area contributed by atoms with Gasteiger partial charge >= 0.3 is 10.2 Å². The van der Waals surface area contributed by atoms with E-state index >= 15 is 0 Å². The summed E-state index contributed by atoms with van der Waals surface area (Å²) in [7, 11) is -3.83. The number of rotatable bonds is 4. The second kappa shape index (κ2) is 11.3. The van der Waals surface area contributed by atoms with Crippen LogP contribution in [0.25, 0.3) is 0 Å². The Morgan fingerprint density at radius 2 is 1.62 bits per heavy atom. The van der Waals surface area contributed by atoms with Crippen molar-refractivity contribution < 1.29 is 8.42 Å². The molecule has 0 bridgehead atoms. The standard InChI is InChI=1S/C21H22Cl2N4O2S.C2H6/c22-18-11-9-17(10-12-18)20-19(16-7-3-1-4-8-16)15-27(24-20)21(23)25-30(28,29)26-13-5-2-6-14-26;1-2/h1,3-4,7-12,19H,2,5-6,13-15H2;1-2H3. The van der Waals surface area contributed by atoms with E-state index in [1.54, 1.807) is 12.1 Å². The van der Waals surface area contributed by atoms with Crippen LogP contribution in [0.3, 0.4) is 0 Å². The van der Waals surface area contributed by atoms with Crippen molar-refractivity contribution in [2.75, 3.05) is 19.6 Å². The minimum absolute atomic E-state index is 0.0750. The van der Waals surface area contributed by atoms with Crippen molar-refractivity contribution in [3.63, 3.8) is 0 Å². The van der Waals surface area contributed by atoms with Crippen molar-refractivity contribution in [3.8, 4) is 0 Å². The summed E-state index contributed by atoms with van der Waals surface area (Å²) in [5, 5.41) is 6.59. The van der Waals surface area contributed by atoms with Crippen LogP contribution in [0.15, 0.2) is 64.1 Å². The van der Waals surface area contributed by atoms with Crippen molar-refractivity contribution in [2.45, 2.75) is 39.0 Å². The predicted molar refractivity (Wildman–Crippen MR) is 133 cm³/mol. The Morgan fingerprint density at radius 1 is 1.00 bits per heavy atom. The molecule has 4 rings (SSSR count). The van der Waals surface area contributed by atoms with Crippen molar-refractivity contribution in [2.24, 2.45) is 9.50 Å². The molecule has 6 nitrogen and oxygen atoms in total. The van der Waals surface area contributed by atoms with E-state index in [1.165, 1.54) is 9.31 Å². The van der Waals surface area contributed by atoms with Gasteiger partial charge in [0, 0.05) is 24.0 Å². The number of benzene rings is 2. The summed E-state index contributed by atoms with van der Waals surface area (Å²) < 4.78 is 30.6. The Hall–Kier alpha value is -1.93. The first-order valence-corrected chi connectivity index (χ1v) is 13.0. The first-order chi connectivity index (χ1) is 15.4. The number of piperidine rings is 1. The lowest BCUT2D eigenvalue weighted by Gasteiger charge is -2.24. The molecule has 0 amide bonds. The van der Waals surface area contributed by atoms with Gasteiger partial charge in [-0.15, -0.1) is 4.40 Å². The van der Waals surface area contributed by atoms with Crippen LogP contribution in [0, 0.1) is 0 Å². The zero-order valence-corrected chi connectivity index (χ0v) is 20.6. The van der Waals surface area contributed by atoms with E-state index < -0.39 is 10.2 Å². The average molecular weight is 495 g/mol. The maximum atomic E-state index is 12.7. The number of hydrogen-bond donors (Lipinski definition) is 0. The maximum absolute atomic E-state index is 12.7. The second-order valence-corrected chi connectivity index (χ2v) is 9.70. The maximum Gasteiger partial charge on any atom is 0.325 e. The molecule has 1 unspecified atom stereocenters. The normalized spacial score (nSPS) is 19.9. The molecular weight excluding hydrogens is 467 g/mol. The molecule has 172 valence electrons. The SMILES string of the molecule is CC.O=S(=O)(N=C(Cl)N1CC(c2ccccc2)C(c2ccc(Cl)cc2)=N1)N1CCCCC1. The summed E-state index contributed by atoms with van der Waals surface area (Å²) in [6, 6.07) is 17.3. The molecule has 2 aliphatic rings. The van der Waals surface area contributed by atoms with Gasteiger partial charge in [0.05, 0.1) is 12.3 Å². The molecular formula is C23H28Cl2N4O2S. The van der Waals surface area contributed by atoms with Gasteiger partial charge in [-0.05, 0) is 47.7 Å². The Balaban J connectivity index is 0.00000141. The summed E-state index contributed by atoms with van der Waals surface area (Å²) in [5.74, 6) is -0.0750. The van der Waals surface area contributed by atoms with Gasteiger partial charge in [0.25, 0.3) is 0 Å². The highest BCUT2D eigenvalue weighted by atomic mass is 35.5. The number of nitrogens with zero attached hydrogens (tertiary/aromatic N) is 4. The minimum Gasteiger partial charge on any atom is -0.236 e. The van der Waals surface area contributed by atoms with Crippen molar-refractivity contribution in [1.82, 2.24) is 9.31 Å². The Labute approximate surface area is 200 Å². The smallest absolute Gasteiger partial charge is 0.236 e. The number of halogens is 2. The quantitative estimate of drug-likeness (QED) is 0.320. The molecule has 9 heteroatoms. The molecule has 0 spiro atoms. The highest BCUT2D eigenvalue weighted by molar-refractivity contribution is 7.88. The Morgan fingerprint density at radius 3 is 2.25 bits per heavy atom. The zero-order valence-electron chi connectivity index (χ0n) is 18.3. The number of amidine groups is 1. The number of hydrazone groups is 1. The van der Waals surface area contributed by atoms with Crippen molar-refractivity contribution >= 4 is 44.4 Å². The Kier molecular flexibility index (Phi) is 8.71. The lowest BCUT2D eigenvalue weighted by Crippen LogP contribution is -2.35. The first kappa shape index (κ1) is 24.7. The summed E-state index contributed by atoms with van der Waals surface area (Å²) in [5.41, 5.74) is 2.76. The van der Waals surface area contributed by atoms with Gasteiger partial charge < -0.3 is 0 Å². The molecule has 1 saturated heterocycles. The molecule has 2 aliphatic heterocycles. The highest BCUT2D eigenvalue weighted by Gasteiger charge is 2.32. The van der Waals surface area contributed by atoms with Gasteiger partial charge in [-0.1, -0.05) is 74.3 Å². The summed E-state index contributed by atoms with van der Waals surface area (Å²) in [6.07, 6.45) is 2.71. The van der Waals surface area contributed by atoms with Crippen LogP contribution in [0.5, 0.6) is 0 Å². The van der Waals surface area contributed by atoms with Crippen LogP contribution < -0.4 is 0 Å². The topological polar surface area (TPSA) is 65.3 Å². The van der Waals surface area contributed by atoms with E-state index in [2.05, 4.69) is 9.50 Å². The molecule has 0 radical (unpaired) electrons. The highest BCUT2D eigenvalue weighted by Crippen LogP contribution is 2.30. The summed E-state index contributed by atoms with van der Waals surface area (Å²) in [6.45, 7) is 5.35. The average Bonchev–Trinajstić information content (AvgIpc) is 3.28. The molecule has 2 aromatic rings. The molecule has 2 heterocycles. The van der Waals surface area contributed by atoms with Gasteiger partial charge in [-0.2, -0.15) is 17.8 Å². The number of hydrogen-bond acceptors (Lipinski definition) is 3. The molecule has 32 heavy (non-hydrogen) atoms. The van der Waals surface area contributed by atoms with Crippen LogP contribution in [0.4, 0.5) is 0 Å². The molecule has 0 N–H and O–H groups in total. The third-order valence-corrected chi connectivity index (χ3v) is 7.35. The van der Waals surface area contributed by atoms with E-state index in [1.807, 2.05) is 56.3 Å². The van der Waals surface area contributed by atoms with Gasteiger partial charge in [-0.25, -0.2) is 5.01 Å². The molecule has 1 fully saturated rings. The van der Waals surface area contributed by atoms with Crippen LogP contribution in [-0.2, 0) is 10.2 Å². The van der Waals surface area contributed by atoms with Crippen LogP contribution in [0.2, 0.25) is 5.02 Å². The zero-order chi connectivity index (χ0) is 23.1. The molecule has 0 aliphatic carbocycles. The third kappa shape index (κ3) is 5.90. The van der Waals surface area contributed by atoms with E-state index in [4.69, 9.17) is 23.2 Å². The largest absolute Gasteiger partial charge is 0.325 e. The fourth-order valence-corrected chi connectivity index (χ4v) is 5.35. The van der Waals surface area contributed by atoms with Gasteiger partial charge in [-0.3, -0.25) is 0 Å². The second-order valence-electron chi connectivity index (χ2n) is 7.34. The fraction of sp³-hybridized carbons (Fsp3) is 0.391. The van der Waals surface area contributed by atoms with Gasteiger partial charge in [0.2, 0.25) is 5.29 Å². The van der Waals surface area contributed by atoms with Crippen LogP contribution in [-0.4, -0.2) is 48.4 Å². The van der Waals surface area contributed by atoms with Gasteiger partial charge in [0.1, 0.15) is 0 Å². The van der Waals surface area contributed by atoms with E-state index in [-0.39, 0.29) is 11.2 Å². The monoisotopic (exact) mass is 494 g/mol. The molecule has 0 aromatic heterocycles. The van der Waals surface area contributed by atoms with Gasteiger partial charge in [0.15, 0.2) is 0 Å². The lowest BCUT2D eigenvalue weighted by atomic mass is 9.91. The van der Waals surface area contributed by atoms with E-state index in [0.29, 0.717) is 24.7 Å². The Bertz CT molecular complexity index is 1050. The first-order valence-electron chi connectivity index (χ1n) is 10.9. The molecule has 1 atom stereocenters. The predicted octanol–water partition coefficient (Wildman–Crippen LogP) is 5.50. The lowest BCUT2D eigenvalue weighted by molar-refractivity contribution is 0.347. The van der Waals surface area contributed by atoms with Crippen LogP contribution in [0.1, 0.15) is 50.2 Å². The minimum atomic E-state index is -3.83. The van der Waals surface area contributed by atoms with Crippen LogP contribution >= 0.6 is 23.2 Å².